The van der Waals surface area contributed by atoms with E-state index in [4.69, 9.17) is 9.47 Å². The molecule has 0 radical (unpaired) electrons. The van der Waals surface area contributed by atoms with Crippen LogP contribution in [0.3, 0.4) is 0 Å². The maximum atomic E-state index is 12.8. The number of thioether (sulfide) groups is 1. The summed E-state index contributed by atoms with van der Waals surface area (Å²) in [5.41, 5.74) is 1.54. The molecule has 3 aromatic rings. The van der Waals surface area contributed by atoms with E-state index in [0.29, 0.717) is 40.0 Å². The minimum atomic E-state index is -0.0855. The van der Waals surface area contributed by atoms with Gasteiger partial charge in [-0.1, -0.05) is 17.8 Å². The van der Waals surface area contributed by atoms with Gasteiger partial charge in [0.05, 0.1) is 25.5 Å². The van der Waals surface area contributed by atoms with Crippen molar-refractivity contribution in [1.82, 2.24) is 14.5 Å². The third-order valence-electron chi connectivity index (χ3n) is 4.53. The summed E-state index contributed by atoms with van der Waals surface area (Å²) in [5.74, 6) is 1.46. The van der Waals surface area contributed by atoms with Gasteiger partial charge in [0.15, 0.2) is 16.7 Å². The Bertz CT molecular complexity index is 1080. The molecule has 154 valence electrons. The predicted octanol–water partition coefficient (Wildman–Crippen LogP) is 3.15. The number of thiophene rings is 1. The predicted molar refractivity (Wildman–Crippen MR) is 116 cm³/mol. The number of hydrogen-bond acceptors (Lipinski definition) is 7. The van der Waals surface area contributed by atoms with Gasteiger partial charge in [-0.15, -0.1) is 11.3 Å². The van der Waals surface area contributed by atoms with E-state index in [1.54, 1.807) is 26.2 Å². The topological polar surface area (TPSA) is 73.7 Å². The summed E-state index contributed by atoms with van der Waals surface area (Å²) in [4.78, 5) is 31.4. The quantitative estimate of drug-likeness (QED) is 0.401. The zero-order valence-corrected chi connectivity index (χ0v) is 18.4. The minimum Gasteiger partial charge on any atom is -0.493 e. The highest BCUT2D eigenvalue weighted by Gasteiger charge is 2.16. The van der Waals surface area contributed by atoms with Crippen molar-refractivity contribution in [2.45, 2.75) is 18.6 Å². The van der Waals surface area contributed by atoms with Gasteiger partial charge in [-0.25, -0.2) is 4.98 Å². The molecule has 0 saturated heterocycles. The zero-order chi connectivity index (χ0) is 21.0. The van der Waals surface area contributed by atoms with Crippen molar-refractivity contribution in [3.8, 4) is 11.5 Å². The van der Waals surface area contributed by atoms with Crippen molar-refractivity contribution in [3.63, 3.8) is 0 Å². The second-order valence-electron chi connectivity index (χ2n) is 6.28. The molecule has 0 atom stereocenters. The zero-order valence-electron chi connectivity index (χ0n) is 16.8. The number of carbonyl (C=O) groups excluding carboxylic acids is 1. The average molecular weight is 434 g/mol. The molecular formula is C20H23N3O4S2. The Kier molecular flexibility index (Phi) is 6.81. The van der Waals surface area contributed by atoms with Gasteiger partial charge in [-0.05, 0) is 36.1 Å². The number of aromatic nitrogens is 2. The summed E-state index contributed by atoms with van der Waals surface area (Å²) in [6.07, 6.45) is 0. The lowest BCUT2D eigenvalue weighted by atomic mass is 10.2. The molecule has 1 amide bonds. The lowest BCUT2D eigenvalue weighted by molar-refractivity contribution is -0.128. The fourth-order valence-corrected chi connectivity index (χ4v) is 4.57. The first-order valence-corrected chi connectivity index (χ1v) is 10.9. The second-order valence-corrected chi connectivity index (χ2v) is 8.14. The summed E-state index contributed by atoms with van der Waals surface area (Å²) in [6.45, 7) is 2.98. The molecule has 0 spiro atoms. The molecule has 29 heavy (non-hydrogen) atoms. The highest BCUT2D eigenvalue weighted by molar-refractivity contribution is 7.99. The highest BCUT2D eigenvalue weighted by atomic mass is 32.2. The van der Waals surface area contributed by atoms with Crippen LogP contribution in [0.2, 0.25) is 0 Å². The Morgan fingerprint density at radius 1 is 1.24 bits per heavy atom. The first kappa shape index (κ1) is 21.2. The van der Waals surface area contributed by atoms with Crippen molar-refractivity contribution >= 4 is 39.2 Å². The number of amides is 1. The van der Waals surface area contributed by atoms with Crippen LogP contribution in [0.15, 0.2) is 39.6 Å². The molecular weight excluding hydrogens is 410 g/mol. The van der Waals surface area contributed by atoms with E-state index >= 15 is 0 Å². The van der Waals surface area contributed by atoms with Gasteiger partial charge in [0.1, 0.15) is 4.70 Å². The summed E-state index contributed by atoms with van der Waals surface area (Å²) >= 11 is 2.65. The molecule has 0 N–H and O–H groups in total. The van der Waals surface area contributed by atoms with Crippen LogP contribution in [0.25, 0.3) is 10.2 Å². The normalized spacial score (nSPS) is 10.9. The van der Waals surface area contributed by atoms with E-state index in [9.17, 15) is 9.59 Å². The molecule has 0 unspecified atom stereocenters. The first-order valence-electron chi connectivity index (χ1n) is 9.04. The summed E-state index contributed by atoms with van der Waals surface area (Å²) in [5, 5.41) is 2.39. The second kappa shape index (κ2) is 9.32. The van der Waals surface area contributed by atoms with Crippen LogP contribution in [-0.4, -0.2) is 46.9 Å². The Hall–Kier alpha value is -2.52. The number of nitrogens with zero attached hydrogens (tertiary/aromatic N) is 3. The van der Waals surface area contributed by atoms with Crippen LogP contribution in [0, 0.1) is 0 Å². The Balaban J connectivity index is 1.71. The standard InChI is InChI=1S/C20H23N3O4S2/c1-5-23(11-13-6-7-15(26-3)16(10-13)27-4)17(24)12-29-20-21-14-8-9-28-18(14)19(25)22(20)2/h6-10H,5,11-12H2,1-4H3. The summed E-state index contributed by atoms with van der Waals surface area (Å²) in [6, 6.07) is 7.44. The maximum Gasteiger partial charge on any atom is 0.271 e. The van der Waals surface area contributed by atoms with Gasteiger partial charge in [0.2, 0.25) is 5.91 Å². The largest absolute Gasteiger partial charge is 0.493 e. The lowest BCUT2D eigenvalue weighted by Gasteiger charge is -2.21. The molecule has 0 aliphatic heterocycles. The highest BCUT2D eigenvalue weighted by Crippen LogP contribution is 2.28. The van der Waals surface area contributed by atoms with Crippen LogP contribution < -0.4 is 15.0 Å². The van der Waals surface area contributed by atoms with Gasteiger partial charge in [-0.3, -0.25) is 14.2 Å². The Morgan fingerprint density at radius 2 is 2.00 bits per heavy atom. The van der Waals surface area contributed by atoms with Gasteiger partial charge >= 0.3 is 0 Å². The molecule has 2 aromatic heterocycles. The molecule has 7 nitrogen and oxygen atoms in total. The molecule has 0 fully saturated rings. The van der Waals surface area contributed by atoms with E-state index in [1.807, 2.05) is 36.6 Å². The maximum absolute atomic E-state index is 12.8. The van der Waals surface area contributed by atoms with Gasteiger partial charge < -0.3 is 14.4 Å². The molecule has 0 aliphatic carbocycles. The number of ether oxygens (including phenoxy) is 2. The smallest absolute Gasteiger partial charge is 0.271 e. The van der Waals surface area contributed by atoms with Crippen LogP contribution in [0.5, 0.6) is 11.5 Å². The number of hydrogen-bond donors (Lipinski definition) is 0. The van der Waals surface area contributed by atoms with Gasteiger partial charge in [0.25, 0.3) is 5.56 Å². The molecule has 9 heteroatoms. The number of carbonyl (C=O) groups is 1. The van der Waals surface area contributed by atoms with E-state index < -0.39 is 0 Å². The lowest BCUT2D eigenvalue weighted by Crippen LogP contribution is -2.32. The molecule has 0 bridgehead atoms. The summed E-state index contributed by atoms with van der Waals surface area (Å²) < 4.78 is 12.7. The van der Waals surface area contributed by atoms with Crippen LogP contribution >= 0.6 is 23.1 Å². The average Bonchev–Trinajstić information content (AvgIpc) is 3.21. The van der Waals surface area contributed by atoms with Crippen molar-refractivity contribution in [1.29, 1.82) is 0 Å². The minimum absolute atomic E-state index is 0.0213. The number of benzene rings is 1. The molecule has 0 aliphatic rings. The molecule has 0 saturated carbocycles. The van der Waals surface area contributed by atoms with Crippen molar-refractivity contribution in [2.75, 3.05) is 26.5 Å². The summed E-state index contributed by atoms with van der Waals surface area (Å²) in [7, 11) is 4.86. The van der Waals surface area contributed by atoms with E-state index in [-0.39, 0.29) is 17.2 Å². The third-order valence-corrected chi connectivity index (χ3v) is 6.43. The molecule has 2 heterocycles. The van der Waals surface area contributed by atoms with Gasteiger partial charge in [0, 0.05) is 20.1 Å². The molecule has 3 rings (SSSR count). The fourth-order valence-electron chi connectivity index (χ4n) is 2.89. The van der Waals surface area contributed by atoms with Gasteiger partial charge in [-0.2, -0.15) is 0 Å². The van der Waals surface area contributed by atoms with Crippen LogP contribution in [0.4, 0.5) is 0 Å². The Morgan fingerprint density at radius 3 is 2.69 bits per heavy atom. The SMILES string of the molecule is CCN(Cc1ccc(OC)c(OC)c1)C(=O)CSc1nc2ccsc2c(=O)n1C. The Labute approximate surface area is 177 Å². The van der Waals surface area contributed by atoms with Crippen molar-refractivity contribution in [2.24, 2.45) is 7.05 Å². The van der Waals surface area contributed by atoms with Crippen molar-refractivity contribution in [3.05, 3.63) is 45.6 Å². The van der Waals surface area contributed by atoms with E-state index in [2.05, 4.69) is 4.98 Å². The number of rotatable bonds is 8. The van der Waals surface area contributed by atoms with Crippen LogP contribution in [0.1, 0.15) is 12.5 Å². The van der Waals surface area contributed by atoms with E-state index in [0.717, 1.165) is 5.56 Å². The molecule has 1 aromatic carbocycles. The first-order chi connectivity index (χ1) is 14.0. The monoisotopic (exact) mass is 433 g/mol. The van der Waals surface area contributed by atoms with E-state index in [1.165, 1.54) is 27.7 Å². The number of fused-ring (bicyclic) bond motifs is 1. The van der Waals surface area contributed by atoms with Crippen LogP contribution in [-0.2, 0) is 18.4 Å². The number of methoxy groups -OCH3 is 2. The fraction of sp³-hybridized carbons (Fsp3) is 0.350. The van der Waals surface area contributed by atoms with Crippen molar-refractivity contribution < 1.29 is 14.3 Å². The third kappa shape index (κ3) is 4.56.